The summed E-state index contributed by atoms with van der Waals surface area (Å²) < 4.78 is 11.0. The zero-order chi connectivity index (χ0) is 16.4. The summed E-state index contributed by atoms with van der Waals surface area (Å²) in [4.78, 5) is 12.4. The molecule has 1 unspecified atom stereocenters. The second-order valence-corrected chi connectivity index (χ2v) is 6.22. The number of ether oxygens (including phenoxy) is 1. The van der Waals surface area contributed by atoms with E-state index >= 15 is 0 Å². The lowest BCUT2D eigenvalue weighted by Crippen LogP contribution is -2.35. The first kappa shape index (κ1) is 15.9. The third-order valence-corrected chi connectivity index (χ3v) is 4.77. The zero-order valence-electron chi connectivity index (χ0n) is 13.6. The SMILES string of the molecule is COc1cccc2c(C)c(C(=O)NCC(O)C3CCCC3)oc12. The van der Waals surface area contributed by atoms with Crippen molar-refractivity contribution in [1.29, 1.82) is 0 Å². The first-order valence-corrected chi connectivity index (χ1v) is 8.14. The Hall–Kier alpha value is -2.01. The minimum absolute atomic E-state index is 0.261. The van der Waals surface area contributed by atoms with E-state index in [-0.39, 0.29) is 18.2 Å². The van der Waals surface area contributed by atoms with Crippen LogP contribution in [0.4, 0.5) is 0 Å². The van der Waals surface area contributed by atoms with Gasteiger partial charge in [-0.15, -0.1) is 0 Å². The van der Waals surface area contributed by atoms with E-state index in [1.807, 2.05) is 19.1 Å². The van der Waals surface area contributed by atoms with E-state index in [1.54, 1.807) is 13.2 Å². The molecular weight excluding hydrogens is 294 g/mol. The molecule has 1 aliphatic carbocycles. The number of nitrogens with one attached hydrogen (secondary N) is 1. The molecule has 124 valence electrons. The third-order valence-electron chi connectivity index (χ3n) is 4.77. The van der Waals surface area contributed by atoms with Crippen LogP contribution in [-0.4, -0.2) is 30.8 Å². The van der Waals surface area contributed by atoms with E-state index in [1.165, 1.54) is 0 Å². The molecule has 5 heteroatoms. The number of furan rings is 1. The molecule has 1 aromatic heterocycles. The Morgan fingerprint density at radius 1 is 1.43 bits per heavy atom. The Labute approximate surface area is 135 Å². The Balaban J connectivity index is 1.74. The first-order chi connectivity index (χ1) is 11.1. The van der Waals surface area contributed by atoms with Crippen LogP contribution in [0.15, 0.2) is 22.6 Å². The molecule has 0 bridgehead atoms. The highest BCUT2D eigenvalue weighted by Crippen LogP contribution is 2.32. The molecule has 0 saturated heterocycles. The van der Waals surface area contributed by atoms with Crippen molar-refractivity contribution in [3.63, 3.8) is 0 Å². The number of para-hydroxylation sites is 1. The van der Waals surface area contributed by atoms with E-state index < -0.39 is 6.10 Å². The molecule has 5 nitrogen and oxygen atoms in total. The fourth-order valence-corrected chi connectivity index (χ4v) is 3.38. The van der Waals surface area contributed by atoms with Gasteiger partial charge < -0.3 is 19.6 Å². The Kier molecular flexibility index (Phi) is 4.57. The van der Waals surface area contributed by atoms with E-state index in [9.17, 15) is 9.90 Å². The van der Waals surface area contributed by atoms with Gasteiger partial charge in [0.15, 0.2) is 17.1 Å². The Morgan fingerprint density at radius 3 is 2.87 bits per heavy atom. The maximum Gasteiger partial charge on any atom is 0.287 e. The zero-order valence-corrected chi connectivity index (χ0v) is 13.6. The molecule has 3 rings (SSSR count). The lowest BCUT2D eigenvalue weighted by Gasteiger charge is -2.17. The third kappa shape index (κ3) is 3.06. The average Bonchev–Trinajstić information content (AvgIpc) is 3.21. The predicted molar refractivity (Wildman–Crippen MR) is 87.8 cm³/mol. The minimum atomic E-state index is -0.485. The molecule has 1 amide bonds. The highest BCUT2D eigenvalue weighted by molar-refractivity contribution is 6.00. The molecule has 0 radical (unpaired) electrons. The van der Waals surface area contributed by atoms with Gasteiger partial charge in [0.25, 0.3) is 5.91 Å². The summed E-state index contributed by atoms with van der Waals surface area (Å²) in [5.41, 5.74) is 1.36. The number of aliphatic hydroxyl groups excluding tert-OH is 1. The molecule has 1 heterocycles. The van der Waals surface area contributed by atoms with Gasteiger partial charge in [-0.1, -0.05) is 25.0 Å². The molecule has 2 aromatic rings. The average molecular weight is 317 g/mol. The summed E-state index contributed by atoms with van der Waals surface area (Å²) in [6, 6.07) is 5.58. The summed E-state index contributed by atoms with van der Waals surface area (Å²) in [6.07, 6.45) is 3.92. The predicted octanol–water partition coefficient (Wildman–Crippen LogP) is 3.03. The number of hydrogen-bond acceptors (Lipinski definition) is 4. The van der Waals surface area contributed by atoms with Crippen molar-refractivity contribution in [2.75, 3.05) is 13.7 Å². The minimum Gasteiger partial charge on any atom is -0.493 e. The van der Waals surface area contributed by atoms with Crippen molar-refractivity contribution in [3.8, 4) is 5.75 Å². The summed E-state index contributed by atoms with van der Waals surface area (Å²) in [5.74, 6) is 0.892. The summed E-state index contributed by atoms with van der Waals surface area (Å²) >= 11 is 0. The fourth-order valence-electron chi connectivity index (χ4n) is 3.38. The summed E-state index contributed by atoms with van der Waals surface area (Å²) in [6.45, 7) is 2.12. The quantitative estimate of drug-likeness (QED) is 0.889. The molecule has 1 saturated carbocycles. The summed E-state index contributed by atoms with van der Waals surface area (Å²) in [5, 5.41) is 13.8. The van der Waals surface area contributed by atoms with Crippen LogP contribution < -0.4 is 10.1 Å². The monoisotopic (exact) mass is 317 g/mol. The highest BCUT2D eigenvalue weighted by Gasteiger charge is 2.25. The van der Waals surface area contributed by atoms with Crippen LogP contribution in [0, 0.1) is 12.8 Å². The largest absolute Gasteiger partial charge is 0.493 e. The van der Waals surface area contributed by atoms with Crippen LogP contribution in [0.5, 0.6) is 5.75 Å². The number of carbonyl (C=O) groups is 1. The van der Waals surface area contributed by atoms with Gasteiger partial charge in [0, 0.05) is 17.5 Å². The molecule has 1 atom stereocenters. The van der Waals surface area contributed by atoms with Crippen molar-refractivity contribution in [2.24, 2.45) is 5.92 Å². The number of aliphatic hydroxyl groups is 1. The lowest BCUT2D eigenvalue weighted by molar-refractivity contribution is 0.0819. The van der Waals surface area contributed by atoms with Crippen molar-refractivity contribution < 1.29 is 19.1 Å². The van der Waals surface area contributed by atoms with Gasteiger partial charge in [0.05, 0.1) is 13.2 Å². The number of carbonyl (C=O) groups excluding carboxylic acids is 1. The van der Waals surface area contributed by atoms with Crippen LogP contribution in [0.1, 0.15) is 41.8 Å². The Bertz CT molecular complexity index is 700. The van der Waals surface area contributed by atoms with Crippen molar-refractivity contribution in [1.82, 2.24) is 5.32 Å². The van der Waals surface area contributed by atoms with Crippen LogP contribution in [0.3, 0.4) is 0 Å². The van der Waals surface area contributed by atoms with Crippen molar-refractivity contribution >= 4 is 16.9 Å². The van der Waals surface area contributed by atoms with Crippen molar-refractivity contribution in [2.45, 2.75) is 38.7 Å². The van der Waals surface area contributed by atoms with Gasteiger partial charge in [0.2, 0.25) is 0 Å². The maximum atomic E-state index is 12.4. The number of methoxy groups -OCH3 is 1. The second kappa shape index (κ2) is 6.62. The van der Waals surface area contributed by atoms with Gasteiger partial charge >= 0.3 is 0 Å². The van der Waals surface area contributed by atoms with Gasteiger partial charge in [-0.25, -0.2) is 0 Å². The van der Waals surface area contributed by atoms with E-state index in [2.05, 4.69) is 5.32 Å². The van der Waals surface area contributed by atoms with Crippen LogP contribution in [0.2, 0.25) is 0 Å². The lowest BCUT2D eigenvalue weighted by atomic mass is 10.0. The van der Waals surface area contributed by atoms with Gasteiger partial charge in [-0.2, -0.15) is 0 Å². The van der Waals surface area contributed by atoms with Crippen LogP contribution >= 0.6 is 0 Å². The van der Waals surface area contributed by atoms with E-state index in [0.29, 0.717) is 17.3 Å². The molecule has 0 spiro atoms. The molecule has 2 N–H and O–H groups in total. The summed E-state index contributed by atoms with van der Waals surface area (Å²) in [7, 11) is 1.57. The fraction of sp³-hybridized carbons (Fsp3) is 0.500. The number of rotatable bonds is 5. The molecule has 1 aromatic carbocycles. The number of benzene rings is 1. The topological polar surface area (TPSA) is 71.7 Å². The molecule has 1 fully saturated rings. The van der Waals surface area contributed by atoms with Gasteiger partial charge in [-0.3, -0.25) is 4.79 Å². The smallest absolute Gasteiger partial charge is 0.287 e. The molecule has 0 aliphatic heterocycles. The maximum absolute atomic E-state index is 12.4. The molecular formula is C18H23NO4. The van der Waals surface area contributed by atoms with Crippen molar-refractivity contribution in [3.05, 3.63) is 29.5 Å². The normalized spacial score (nSPS) is 16.7. The second-order valence-electron chi connectivity index (χ2n) is 6.22. The number of aryl methyl sites for hydroxylation is 1. The Morgan fingerprint density at radius 2 is 2.17 bits per heavy atom. The number of fused-ring (bicyclic) bond motifs is 1. The first-order valence-electron chi connectivity index (χ1n) is 8.14. The van der Waals surface area contributed by atoms with Crippen LogP contribution in [-0.2, 0) is 0 Å². The standard InChI is InChI=1S/C18H23NO4/c1-11-13-8-5-9-15(22-2)17(13)23-16(11)18(21)19-10-14(20)12-6-3-4-7-12/h5,8-9,12,14,20H,3-4,6-7,10H2,1-2H3,(H,19,21). The van der Waals surface area contributed by atoms with E-state index in [4.69, 9.17) is 9.15 Å². The molecule has 23 heavy (non-hydrogen) atoms. The van der Waals surface area contributed by atoms with Crippen LogP contribution in [0.25, 0.3) is 11.0 Å². The van der Waals surface area contributed by atoms with Gasteiger partial charge in [-0.05, 0) is 31.7 Å². The van der Waals surface area contributed by atoms with E-state index in [0.717, 1.165) is 36.6 Å². The van der Waals surface area contributed by atoms with Gasteiger partial charge in [0.1, 0.15) is 0 Å². The molecule has 1 aliphatic rings. The number of amides is 1. The highest BCUT2D eigenvalue weighted by atomic mass is 16.5. The number of hydrogen-bond donors (Lipinski definition) is 2.